The molecule has 0 saturated carbocycles. The van der Waals surface area contributed by atoms with Gasteiger partial charge in [0.25, 0.3) is 0 Å². The van der Waals surface area contributed by atoms with Gasteiger partial charge >= 0.3 is 0 Å². The minimum absolute atomic E-state index is 0.276. The van der Waals surface area contributed by atoms with Gasteiger partial charge in [-0.2, -0.15) is 0 Å². The Bertz CT molecular complexity index is 729. The molecule has 2 aromatic heterocycles. The van der Waals surface area contributed by atoms with E-state index in [2.05, 4.69) is 55.5 Å². The highest BCUT2D eigenvalue weighted by Crippen LogP contribution is 2.25. The normalized spacial score (nSPS) is 12.7. The van der Waals surface area contributed by atoms with Crippen molar-refractivity contribution >= 4 is 11.3 Å². The van der Waals surface area contributed by atoms with Gasteiger partial charge in [0.05, 0.1) is 10.6 Å². The third-order valence-electron chi connectivity index (χ3n) is 4.02. The van der Waals surface area contributed by atoms with E-state index in [4.69, 9.17) is 4.52 Å². The summed E-state index contributed by atoms with van der Waals surface area (Å²) in [5, 5.41) is 9.69. The molecule has 3 aromatic rings. The zero-order valence-electron chi connectivity index (χ0n) is 13.7. The molecule has 4 heteroatoms. The molecule has 0 aliphatic heterocycles. The van der Waals surface area contributed by atoms with E-state index < -0.39 is 0 Å². The molecular weight excluding hydrogens is 304 g/mol. The predicted molar refractivity (Wildman–Crippen MR) is 95.6 cm³/mol. The fourth-order valence-electron chi connectivity index (χ4n) is 2.48. The molecule has 0 bridgehead atoms. The van der Waals surface area contributed by atoms with E-state index in [1.807, 2.05) is 23.6 Å². The second-order valence-electron chi connectivity index (χ2n) is 6.08. The van der Waals surface area contributed by atoms with Crippen molar-refractivity contribution in [3.05, 3.63) is 64.7 Å². The maximum absolute atomic E-state index is 5.41. The molecule has 0 amide bonds. The average Bonchev–Trinajstić information content (AvgIpc) is 3.23. The summed E-state index contributed by atoms with van der Waals surface area (Å²) in [6, 6.07) is 15.2. The Morgan fingerprint density at radius 3 is 2.48 bits per heavy atom. The Balaban J connectivity index is 1.59. The van der Waals surface area contributed by atoms with Crippen LogP contribution in [0, 0.1) is 0 Å². The van der Waals surface area contributed by atoms with Crippen molar-refractivity contribution in [2.45, 2.75) is 39.3 Å². The molecule has 3 rings (SSSR count). The molecule has 1 atom stereocenters. The highest BCUT2D eigenvalue weighted by Gasteiger charge is 2.10. The first-order valence-corrected chi connectivity index (χ1v) is 8.84. The van der Waals surface area contributed by atoms with Gasteiger partial charge in [0.1, 0.15) is 0 Å². The van der Waals surface area contributed by atoms with Crippen molar-refractivity contribution in [1.82, 2.24) is 10.5 Å². The van der Waals surface area contributed by atoms with E-state index in [0.29, 0.717) is 12.5 Å². The SMILES string of the molecule is CC(C)c1ccc(C(C)NCc2cc(-c3cccs3)on2)cc1. The zero-order chi connectivity index (χ0) is 16.2. The quantitative estimate of drug-likeness (QED) is 0.661. The zero-order valence-corrected chi connectivity index (χ0v) is 14.6. The molecule has 23 heavy (non-hydrogen) atoms. The predicted octanol–water partition coefficient (Wildman–Crippen LogP) is 5.38. The number of benzene rings is 1. The van der Waals surface area contributed by atoms with Crippen molar-refractivity contribution in [3.8, 4) is 10.6 Å². The lowest BCUT2D eigenvalue weighted by atomic mass is 9.99. The largest absolute Gasteiger partial charge is 0.355 e. The molecule has 1 N–H and O–H groups in total. The van der Waals surface area contributed by atoms with Gasteiger partial charge in [0, 0.05) is 18.7 Å². The van der Waals surface area contributed by atoms with Crippen molar-refractivity contribution in [3.63, 3.8) is 0 Å². The molecule has 2 heterocycles. The lowest BCUT2D eigenvalue weighted by Crippen LogP contribution is -2.18. The van der Waals surface area contributed by atoms with Crippen LogP contribution in [0.2, 0.25) is 0 Å². The first kappa shape index (κ1) is 16.0. The average molecular weight is 326 g/mol. The number of aromatic nitrogens is 1. The lowest BCUT2D eigenvalue weighted by Gasteiger charge is -2.14. The minimum atomic E-state index is 0.276. The van der Waals surface area contributed by atoms with Crippen molar-refractivity contribution < 1.29 is 4.52 Å². The Kier molecular flexibility index (Phi) is 4.94. The first-order valence-electron chi connectivity index (χ1n) is 7.96. The van der Waals surface area contributed by atoms with E-state index >= 15 is 0 Å². The van der Waals surface area contributed by atoms with Crippen LogP contribution in [0.3, 0.4) is 0 Å². The Labute approximate surface area is 141 Å². The summed E-state index contributed by atoms with van der Waals surface area (Å²) in [4.78, 5) is 1.11. The molecule has 1 aromatic carbocycles. The van der Waals surface area contributed by atoms with Gasteiger partial charge in [-0.05, 0) is 35.4 Å². The van der Waals surface area contributed by atoms with E-state index in [0.717, 1.165) is 16.3 Å². The number of hydrogen-bond donors (Lipinski definition) is 1. The van der Waals surface area contributed by atoms with Crippen LogP contribution in [-0.4, -0.2) is 5.16 Å². The van der Waals surface area contributed by atoms with Crippen LogP contribution >= 0.6 is 11.3 Å². The van der Waals surface area contributed by atoms with Crippen LogP contribution in [0.15, 0.2) is 52.4 Å². The molecule has 0 fully saturated rings. The summed E-state index contributed by atoms with van der Waals surface area (Å²) >= 11 is 1.66. The van der Waals surface area contributed by atoms with E-state index in [1.54, 1.807) is 11.3 Å². The Morgan fingerprint density at radius 1 is 1.09 bits per heavy atom. The number of thiophene rings is 1. The minimum Gasteiger partial charge on any atom is -0.355 e. The van der Waals surface area contributed by atoms with Gasteiger partial charge in [-0.25, -0.2) is 0 Å². The number of nitrogens with one attached hydrogen (secondary N) is 1. The van der Waals surface area contributed by atoms with E-state index in [-0.39, 0.29) is 6.04 Å². The number of rotatable bonds is 6. The second kappa shape index (κ2) is 7.11. The van der Waals surface area contributed by atoms with Crippen LogP contribution in [0.1, 0.15) is 49.6 Å². The van der Waals surface area contributed by atoms with Crippen molar-refractivity contribution in [2.75, 3.05) is 0 Å². The highest BCUT2D eigenvalue weighted by molar-refractivity contribution is 7.13. The lowest BCUT2D eigenvalue weighted by molar-refractivity contribution is 0.417. The van der Waals surface area contributed by atoms with Gasteiger partial charge in [-0.3, -0.25) is 0 Å². The van der Waals surface area contributed by atoms with Crippen LogP contribution in [0.25, 0.3) is 10.6 Å². The second-order valence-corrected chi connectivity index (χ2v) is 7.03. The van der Waals surface area contributed by atoms with Crippen LogP contribution < -0.4 is 5.32 Å². The maximum atomic E-state index is 5.41. The van der Waals surface area contributed by atoms with Crippen LogP contribution in [0.4, 0.5) is 0 Å². The Morgan fingerprint density at radius 2 is 1.83 bits per heavy atom. The molecule has 1 unspecified atom stereocenters. The summed E-state index contributed by atoms with van der Waals surface area (Å²) in [7, 11) is 0. The number of hydrogen-bond acceptors (Lipinski definition) is 4. The summed E-state index contributed by atoms with van der Waals surface area (Å²) in [5.74, 6) is 1.41. The summed E-state index contributed by atoms with van der Waals surface area (Å²) in [6.45, 7) is 7.30. The fraction of sp³-hybridized carbons (Fsp3) is 0.316. The Hall–Kier alpha value is -1.91. The molecule has 0 saturated heterocycles. The third-order valence-corrected chi connectivity index (χ3v) is 4.90. The topological polar surface area (TPSA) is 38.1 Å². The highest BCUT2D eigenvalue weighted by atomic mass is 32.1. The molecule has 0 aliphatic carbocycles. The van der Waals surface area contributed by atoms with Crippen molar-refractivity contribution in [2.24, 2.45) is 0 Å². The fourth-order valence-corrected chi connectivity index (χ4v) is 3.15. The van der Waals surface area contributed by atoms with Crippen LogP contribution in [0.5, 0.6) is 0 Å². The first-order chi connectivity index (χ1) is 11.1. The molecule has 120 valence electrons. The van der Waals surface area contributed by atoms with Gasteiger partial charge in [0.2, 0.25) is 0 Å². The molecular formula is C19H22N2OS. The monoisotopic (exact) mass is 326 g/mol. The maximum Gasteiger partial charge on any atom is 0.177 e. The van der Waals surface area contributed by atoms with Gasteiger partial charge in [-0.15, -0.1) is 11.3 Å². The van der Waals surface area contributed by atoms with Gasteiger partial charge in [0.15, 0.2) is 5.76 Å². The summed E-state index contributed by atoms with van der Waals surface area (Å²) < 4.78 is 5.41. The van der Waals surface area contributed by atoms with E-state index in [9.17, 15) is 0 Å². The number of nitrogens with zero attached hydrogens (tertiary/aromatic N) is 1. The van der Waals surface area contributed by atoms with Crippen molar-refractivity contribution in [1.29, 1.82) is 0 Å². The smallest absolute Gasteiger partial charge is 0.177 e. The standard InChI is InChI=1S/C19H22N2OS/c1-13(2)15-6-8-16(9-7-15)14(3)20-12-17-11-18(22-21-17)19-5-4-10-23-19/h4-11,13-14,20H,12H2,1-3H3. The van der Waals surface area contributed by atoms with Gasteiger partial charge in [-0.1, -0.05) is 49.3 Å². The van der Waals surface area contributed by atoms with Crippen LogP contribution in [-0.2, 0) is 6.54 Å². The molecule has 3 nitrogen and oxygen atoms in total. The third kappa shape index (κ3) is 3.89. The van der Waals surface area contributed by atoms with Gasteiger partial charge < -0.3 is 9.84 Å². The molecule has 0 spiro atoms. The summed E-state index contributed by atoms with van der Waals surface area (Å²) in [6.07, 6.45) is 0. The summed E-state index contributed by atoms with van der Waals surface area (Å²) in [5.41, 5.74) is 3.59. The molecule has 0 aliphatic rings. The molecule has 0 radical (unpaired) electrons. The van der Waals surface area contributed by atoms with E-state index in [1.165, 1.54) is 11.1 Å².